The third-order valence-corrected chi connectivity index (χ3v) is 8.56. The van der Waals surface area contributed by atoms with Gasteiger partial charge in [-0.3, -0.25) is 9.59 Å². The summed E-state index contributed by atoms with van der Waals surface area (Å²) < 4.78 is 29.1. The number of carboxylic acids is 1. The zero-order valence-corrected chi connectivity index (χ0v) is 27.4. The Balaban J connectivity index is 2.16. The number of carboxylic acid groups (broad SMARTS) is 1. The molecule has 2 saturated heterocycles. The molecule has 2 aliphatic heterocycles. The maximum Gasteiger partial charge on any atom is 0.308 e. The summed E-state index contributed by atoms with van der Waals surface area (Å²) in [5, 5.41) is 61.7. The van der Waals surface area contributed by atoms with E-state index in [2.05, 4.69) is 13.8 Å². The molecule has 0 saturated carbocycles. The molecule has 0 amide bonds. The Labute approximate surface area is 267 Å². The van der Waals surface area contributed by atoms with Gasteiger partial charge in [0.1, 0.15) is 42.7 Å². The number of aliphatic carboxylic acids is 1. The van der Waals surface area contributed by atoms with Crippen LogP contribution in [0.1, 0.15) is 118 Å². The van der Waals surface area contributed by atoms with Crippen molar-refractivity contribution >= 4 is 11.9 Å². The van der Waals surface area contributed by atoms with Crippen LogP contribution in [0.5, 0.6) is 0 Å². The predicted molar refractivity (Wildman–Crippen MR) is 162 cm³/mol. The summed E-state index contributed by atoms with van der Waals surface area (Å²) >= 11 is 0. The van der Waals surface area contributed by atoms with Crippen molar-refractivity contribution in [3.63, 3.8) is 0 Å². The van der Waals surface area contributed by atoms with E-state index in [0.717, 1.165) is 64.2 Å². The molecule has 2 aliphatic rings. The minimum atomic E-state index is -1.67. The van der Waals surface area contributed by atoms with Gasteiger partial charge >= 0.3 is 11.9 Å². The van der Waals surface area contributed by atoms with Gasteiger partial charge in [-0.25, -0.2) is 0 Å². The van der Waals surface area contributed by atoms with Crippen LogP contribution in [0.15, 0.2) is 0 Å². The number of aliphatic hydroxyl groups is 5. The Kier molecular flexibility index (Phi) is 18.3. The smallest absolute Gasteiger partial charge is 0.308 e. The lowest BCUT2D eigenvalue weighted by molar-refractivity contribution is -0.366. The average Bonchev–Trinajstić information content (AvgIpc) is 2.98. The van der Waals surface area contributed by atoms with Crippen LogP contribution in [0, 0.1) is 0 Å². The molecule has 0 aliphatic carbocycles. The highest BCUT2D eigenvalue weighted by atomic mass is 16.8. The van der Waals surface area contributed by atoms with Gasteiger partial charge in [-0.2, -0.15) is 0 Å². The van der Waals surface area contributed by atoms with E-state index in [1.54, 1.807) is 6.92 Å². The molecule has 2 fully saturated rings. The number of hydrogen-bond donors (Lipinski definition) is 6. The molecule has 2 rings (SSSR count). The van der Waals surface area contributed by atoms with Gasteiger partial charge in [-0.15, -0.1) is 0 Å². The van der Waals surface area contributed by atoms with E-state index in [9.17, 15) is 40.2 Å². The van der Waals surface area contributed by atoms with Crippen LogP contribution in [-0.4, -0.2) is 116 Å². The van der Waals surface area contributed by atoms with Crippen molar-refractivity contribution < 1.29 is 63.9 Å². The van der Waals surface area contributed by atoms with E-state index in [1.165, 1.54) is 6.92 Å². The average molecular weight is 651 g/mol. The van der Waals surface area contributed by atoms with Crippen molar-refractivity contribution in [1.29, 1.82) is 0 Å². The SMILES string of the molecule is CCCCCCC[C@H](CC(=O)O)OC(=O)C[C@H](CCCCCCC)O[C@H]1O[C@@H](C)[C@@H](O)[C@@H](O)[C@H]1O[C@H]1O[C@@H](C)[C@@H](O)[C@@H](O)[C@H]1O. The van der Waals surface area contributed by atoms with Gasteiger partial charge in [0, 0.05) is 0 Å². The molecule has 13 nitrogen and oxygen atoms in total. The quantitative estimate of drug-likeness (QED) is 0.0782. The van der Waals surface area contributed by atoms with E-state index in [-0.39, 0.29) is 12.8 Å². The molecule has 0 aromatic heterocycles. The monoisotopic (exact) mass is 650 g/mol. The van der Waals surface area contributed by atoms with Gasteiger partial charge in [0.05, 0.1) is 31.2 Å². The van der Waals surface area contributed by atoms with Crippen LogP contribution in [-0.2, 0) is 33.3 Å². The third-order valence-electron chi connectivity index (χ3n) is 8.56. The highest BCUT2D eigenvalue weighted by Crippen LogP contribution is 2.31. The second-order valence-electron chi connectivity index (χ2n) is 12.6. The Hall–Kier alpha value is -1.42. The second-order valence-corrected chi connectivity index (χ2v) is 12.6. The van der Waals surface area contributed by atoms with Gasteiger partial charge in [0.25, 0.3) is 0 Å². The zero-order chi connectivity index (χ0) is 33.5. The number of aliphatic hydroxyl groups excluding tert-OH is 5. The molecule has 0 spiro atoms. The highest BCUT2D eigenvalue weighted by Gasteiger charge is 2.50. The number of esters is 1. The molecular formula is C32H58O13. The van der Waals surface area contributed by atoms with Crippen LogP contribution in [0.4, 0.5) is 0 Å². The molecule has 264 valence electrons. The van der Waals surface area contributed by atoms with E-state index in [4.69, 9.17) is 23.7 Å². The summed E-state index contributed by atoms with van der Waals surface area (Å²) in [5.74, 6) is -1.67. The van der Waals surface area contributed by atoms with Crippen molar-refractivity contribution in [2.45, 2.75) is 191 Å². The van der Waals surface area contributed by atoms with Crippen LogP contribution in [0.25, 0.3) is 0 Å². The Bertz CT molecular complexity index is 844. The highest BCUT2D eigenvalue weighted by molar-refractivity contribution is 5.72. The maximum absolute atomic E-state index is 13.1. The molecular weight excluding hydrogens is 592 g/mol. The minimum Gasteiger partial charge on any atom is -0.481 e. The number of hydrogen-bond acceptors (Lipinski definition) is 12. The van der Waals surface area contributed by atoms with Crippen molar-refractivity contribution in [3.05, 3.63) is 0 Å². The molecule has 0 bridgehead atoms. The molecule has 6 N–H and O–H groups in total. The normalized spacial score (nSPS) is 33.4. The van der Waals surface area contributed by atoms with E-state index < -0.39 is 85.6 Å². The molecule has 13 heteroatoms. The Morgan fingerprint density at radius 2 is 1.16 bits per heavy atom. The van der Waals surface area contributed by atoms with Crippen LogP contribution < -0.4 is 0 Å². The topological polar surface area (TPSA) is 202 Å². The lowest BCUT2D eigenvalue weighted by atomic mass is 9.97. The number of carbonyl (C=O) groups excluding carboxylic acids is 1. The van der Waals surface area contributed by atoms with Gasteiger partial charge in [0.15, 0.2) is 12.6 Å². The number of ether oxygens (including phenoxy) is 5. The van der Waals surface area contributed by atoms with Gasteiger partial charge < -0.3 is 54.3 Å². The van der Waals surface area contributed by atoms with Crippen LogP contribution in [0.2, 0.25) is 0 Å². The minimum absolute atomic E-state index is 0.205. The second kappa shape index (κ2) is 20.7. The van der Waals surface area contributed by atoms with Crippen LogP contribution >= 0.6 is 0 Å². The summed E-state index contributed by atoms with van der Waals surface area (Å²) in [5.41, 5.74) is 0. The van der Waals surface area contributed by atoms with Crippen molar-refractivity contribution in [2.75, 3.05) is 0 Å². The standard InChI is InChI=1S/C32H58O13/c1-5-7-9-11-13-15-21(17-23(33)34)43-24(35)18-22(16-14-12-10-8-6-2)44-32-30(28(39)26(37)20(4)42-32)45-31-29(40)27(38)25(36)19(3)41-31/h19-22,25-32,36-40H,5-18H2,1-4H3,(H,33,34)/t19-,20-,21+,22-,25+,26+,27+,28+,29+,30+,31+,32+/m0/s1. The summed E-state index contributed by atoms with van der Waals surface area (Å²) in [6.45, 7) is 7.24. The fraction of sp³-hybridized carbons (Fsp3) is 0.938. The van der Waals surface area contributed by atoms with Gasteiger partial charge in [-0.1, -0.05) is 71.6 Å². The first-order chi connectivity index (χ1) is 21.4. The molecule has 12 atom stereocenters. The van der Waals surface area contributed by atoms with Gasteiger partial charge in [-0.05, 0) is 33.1 Å². The fourth-order valence-electron chi connectivity index (χ4n) is 5.71. The zero-order valence-electron chi connectivity index (χ0n) is 27.4. The Morgan fingerprint density at radius 3 is 1.71 bits per heavy atom. The fourth-order valence-corrected chi connectivity index (χ4v) is 5.71. The van der Waals surface area contributed by atoms with E-state index in [0.29, 0.717) is 12.8 Å². The molecule has 0 unspecified atom stereocenters. The van der Waals surface area contributed by atoms with Gasteiger partial charge in [0.2, 0.25) is 0 Å². The summed E-state index contributed by atoms with van der Waals surface area (Å²) in [6.07, 6.45) is -5.07. The number of carbonyl (C=O) groups is 2. The van der Waals surface area contributed by atoms with E-state index in [1.807, 2.05) is 0 Å². The van der Waals surface area contributed by atoms with E-state index >= 15 is 0 Å². The molecule has 2 heterocycles. The first kappa shape index (κ1) is 39.8. The van der Waals surface area contributed by atoms with Crippen molar-refractivity contribution in [3.8, 4) is 0 Å². The lowest BCUT2D eigenvalue weighted by Crippen LogP contribution is -2.63. The maximum atomic E-state index is 13.1. The largest absolute Gasteiger partial charge is 0.481 e. The summed E-state index contributed by atoms with van der Waals surface area (Å²) in [4.78, 5) is 24.6. The summed E-state index contributed by atoms with van der Waals surface area (Å²) in [7, 11) is 0. The first-order valence-electron chi connectivity index (χ1n) is 16.8. The third kappa shape index (κ3) is 13.3. The Morgan fingerprint density at radius 1 is 0.644 bits per heavy atom. The molecule has 0 radical (unpaired) electrons. The number of rotatable bonds is 21. The van der Waals surface area contributed by atoms with Crippen LogP contribution in [0.3, 0.4) is 0 Å². The number of unbranched alkanes of at least 4 members (excludes halogenated alkanes) is 8. The summed E-state index contributed by atoms with van der Waals surface area (Å²) in [6, 6.07) is 0. The van der Waals surface area contributed by atoms with Crippen molar-refractivity contribution in [2.24, 2.45) is 0 Å². The van der Waals surface area contributed by atoms with Crippen molar-refractivity contribution in [1.82, 2.24) is 0 Å². The molecule has 0 aromatic rings. The predicted octanol–water partition coefficient (Wildman–Crippen LogP) is 2.55. The molecule has 0 aromatic carbocycles. The molecule has 45 heavy (non-hydrogen) atoms. The lowest BCUT2D eigenvalue weighted by Gasteiger charge is -2.46. The first-order valence-corrected chi connectivity index (χ1v) is 16.8.